The second-order valence-corrected chi connectivity index (χ2v) is 5.00. The highest BCUT2D eigenvalue weighted by molar-refractivity contribution is 5.84. The molecule has 1 aliphatic heterocycles. The van der Waals surface area contributed by atoms with Crippen molar-refractivity contribution in [3.05, 3.63) is 29.6 Å². The summed E-state index contributed by atoms with van der Waals surface area (Å²) in [6.07, 6.45) is -3.76. The van der Waals surface area contributed by atoms with E-state index in [0.717, 1.165) is 12.1 Å². The van der Waals surface area contributed by atoms with E-state index in [0.29, 0.717) is 25.5 Å². The molecule has 1 atom stereocenters. The van der Waals surface area contributed by atoms with E-state index in [1.165, 1.54) is 11.8 Å². The number of hydrogen-bond donors (Lipinski definition) is 1. The number of alkyl halides is 3. The van der Waals surface area contributed by atoms with E-state index in [1.54, 1.807) is 0 Å². The minimum atomic E-state index is -4.62. The van der Waals surface area contributed by atoms with E-state index < -0.39 is 29.1 Å². The lowest BCUT2D eigenvalue weighted by Crippen LogP contribution is -2.48. The first-order valence-corrected chi connectivity index (χ1v) is 6.04. The van der Waals surface area contributed by atoms with Gasteiger partial charge >= 0.3 is 12.1 Å². The molecule has 20 heavy (non-hydrogen) atoms. The molecule has 1 saturated heterocycles. The first kappa shape index (κ1) is 14.6. The Hall–Kier alpha value is -1.79. The topological polar surface area (TPSA) is 40.5 Å². The van der Waals surface area contributed by atoms with Crippen LogP contribution in [0.4, 0.5) is 23.2 Å². The van der Waals surface area contributed by atoms with Crippen LogP contribution in [0.1, 0.15) is 25.3 Å². The van der Waals surface area contributed by atoms with Crippen molar-refractivity contribution < 1.29 is 27.5 Å². The van der Waals surface area contributed by atoms with Gasteiger partial charge in [0.05, 0.1) is 11.3 Å². The van der Waals surface area contributed by atoms with E-state index >= 15 is 0 Å². The number of rotatable bonds is 2. The maximum absolute atomic E-state index is 13.9. The number of nitrogens with zero attached hydrogens (tertiary/aromatic N) is 1. The van der Waals surface area contributed by atoms with Crippen LogP contribution in [0.2, 0.25) is 0 Å². The fourth-order valence-corrected chi connectivity index (χ4v) is 2.47. The summed E-state index contributed by atoms with van der Waals surface area (Å²) in [4.78, 5) is 12.6. The number of hydrogen-bond acceptors (Lipinski definition) is 2. The van der Waals surface area contributed by atoms with Gasteiger partial charge in [-0.25, -0.2) is 9.18 Å². The summed E-state index contributed by atoms with van der Waals surface area (Å²) < 4.78 is 51.4. The summed E-state index contributed by atoms with van der Waals surface area (Å²) >= 11 is 0. The number of halogens is 4. The summed E-state index contributed by atoms with van der Waals surface area (Å²) in [6, 6.07) is 2.15. The van der Waals surface area contributed by atoms with Gasteiger partial charge in [0.2, 0.25) is 0 Å². The van der Waals surface area contributed by atoms with E-state index in [1.807, 2.05) is 0 Å². The van der Waals surface area contributed by atoms with Crippen molar-refractivity contribution in [1.82, 2.24) is 0 Å². The van der Waals surface area contributed by atoms with Gasteiger partial charge < -0.3 is 10.0 Å². The van der Waals surface area contributed by atoms with Crippen molar-refractivity contribution in [1.29, 1.82) is 0 Å². The highest BCUT2D eigenvalue weighted by Gasteiger charge is 2.44. The van der Waals surface area contributed by atoms with Crippen LogP contribution in [0.3, 0.4) is 0 Å². The lowest BCUT2D eigenvalue weighted by Gasteiger charge is -2.33. The zero-order valence-electron chi connectivity index (χ0n) is 10.7. The molecule has 7 heteroatoms. The van der Waals surface area contributed by atoms with E-state index in [-0.39, 0.29) is 5.69 Å². The molecule has 1 unspecified atom stereocenters. The Balaban J connectivity index is 2.42. The van der Waals surface area contributed by atoms with E-state index in [2.05, 4.69) is 0 Å². The van der Waals surface area contributed by atoms with Crippen molar-refractivity contribution in [2.24, 2.45) is 0 Å². The van der Waals surface area contributed by atoms with Gasteiger partial charge in [0, 0.05) is 6.54 Å². The van der Waals surface area contributed by atoms with Gasteiger partial charge in [0.25, 0.3) is 0 Å². The number of carboxylic acids is 1. The normalized spacial score (nSPS) is 23.1. The molecular formula is C13H13F4NO2. The van der Waals surface area contributed by atoms with Crippen LogP contribution in [0.5, 0.6) is 0 Å². The second kappa shape index (κ2) is 4.64. The molecule has 3 nitrogen and oxygen atoms in total. The van der Waals surface area contributed by atoms with E-state index in [4.69, 9.17) is 0 Å². The Labute approximate surface area is 112 Å². The molecule has 1 N–H and O–H groups in total. The average Bonchev–Trinajstić information content (AvgIpc) is 2.71. The van der Waals surface area contributed by atoms with Gasteiger partial charge in [-0.2, -0.15) is 13.2 Å². The van der Waals surface area contributed by atoms with Gasteiger partial charge in [-0.15, -0.1) is 0 Å². The largest absolute Gasteiger partial charge is 0.480 e. The molecular weight excluding hydrogens is 278 g/mol. The summed E-state index contributed by atoms with van der Waals surface area (Å²) in [7, 11) is 0. The number of carboxylic acid groups (broad SMARTS) is 1. The third-order valence-electron chi connectivity index (χ3n) is 3.67. The van der Waals surface area contributed by atoms with Crippen LogP contribution >= 0.6 is 0 Å². The van der Waals surface area contributed by atoms with Gasteiger partial charge in [-0.1, -0.05) is 0 Å². The van der Waals surface area contributed by atoms with Gasteiger partial charge in [0.1, 0.15) is 11.4 Å². The van der Waals surface area contributed by atoms with Crippen molar-refractivity contribution in [2.75, 3.05) is 11.4 Å². The molecule has 1 aromatic rings. The lowest BCUT2D eigenvalue weighted by atomic mass is 9.98. The zero-order valence-corrected chi connectivity index (χ0v) is 10.7. The van der Waals surface area contributed by atoms with Gasteiger partial charge in [-0.3, -0.25) is 0 Å². The SMILES string of the molecule is CC1(C(=O)O)CCCN1c1ccc(C(F)(F)F)cc1F. The maximum Gasteiger partial charge on any atom is 0.416 e. The average molecular weight is 291 g/mol. The molecule has 1 fully saturated rings. The molecule has 0 radical (unpaired) electrons. The summed E-state index contributed by atoms with van der Waals surface area (Å²) in [5.41, 5.74) is -2.49. The standard InChI is InChI=1S/C13H13F4NO2/c1-12(11(19)20)5-2-6-18(12)10-4-3-8(7-9(10)14)13(15,16)17/h3-4,7H,2,5-6H2,1H3,(H,19,20). The minimum absolute atomic E-state index is 0.111. The maximum atomic E-state index is 13.9. The Morgan fingerprint density at radius 1 is 1.40 bits per heavy atom. The molecule has 0 spiro atoms. The quantitative estimate of drug-likeness (QED) is 0.850. The molecule has 0 aromatic heterocycles. The Kier molecular flexibility index (Phi) is 3.39. The fraction of sp³-hybridized carbons (Fsp3) is 0.462. The second-order valence-electron chi connectivity index (χ2n) is 5.00. The number of carbonyl (C=O) groups is 1. The first-order chi connectivity index (χ1) is 9.16. The van der Waals surface area contributed by atoms with E-state index in [9.17, 15) is 27.5 Å². The third kappa shape index (κ3) is 2.32. The molecule has 0 bridgehead atoms. The van der Waals surface area contributed by atoms with Crippen LogP contribution < -0.4 is 4.90 Å². The van der Waals surface area contributed by atoms with Crippen molar-refractivity contribution in [3.63, 3.8) is 0 Å². The summed E-state index contributed by atoms with van der Waals surface area (Å²) in [6.45, 7) is 1.74. The first-order valence-electron chi connectivity index (χ1n) is 6.04. The smallest absolute Gasteiger partial charge is 0.416 e. The van der Waals surface area contributed by atoms with Crippen LogP contribution in [0.25, 0.3) is 0 Å². The number of anilines is 1. The minimum Gasteiger partial charge on any atom is -0.480 e. The molecule has 1 aromatic carbocycles. The Morgan fingerprint density at radius 3 is 2.55 bits per heavy atom. The third-order valence-corrected chi connectivity index (χ3v) is 3.67. The molecule has 0 saturated carbocycles. The monoisotopic (exact) mass is 291 g/mol. The molecule has 2 rings (SSSR count). The highest BCUT2D eigenvalue weighted by atomic mass is 19.4. The predicted molar refractivity (Wildman–Crippen MR) is 64.0 cm³/mol. The van der Waals surface area contributed by atoms with Crippen LogP contribution in [-0.4, -0.2) is 23.2 Å². The fourth-order valence-electron chi connectivity index (χ4n) is 2.47. The Bertz CT molecular complexity index is 544. The zero-order chi connectivity index (χ0) is 15.1. The van der Waals surface area contributed by atoms with Crippen LogP contribution in [0, 0.1) is 5.82 Å². The summed E-state index contributed by atoms with van der Waals surface area (Å²) in [5.74, 6) is -2.18. The van der Waals surface area contributed by atoms with Gasteiger partial charge in [0.15, 0.2) is 0 Å². The van der Waals surface area contributed by atoms with Crippen LogP contribution in [0.15, 0.2) is 18.2 Å². The molecule has 0 aliphatic carbocycles. The van der Waals surface area contributed by atoms with Crippen molar-refractivity contribution in [2.45, 2.75) is 31.5 Å². The highest BCUT2D eigenvalue weighted by Crippen LogP contribution is 2.38. The molecule has 0 amide bonds. The number of benzene rings is 1. The van der Waals surface area contributed by atoms with Gasteiger partial charge in [-0.05, 0) is 38.0 Å². The Morgan fingerprint density at radius 2 is 2.05 bits per heavy atom. The number of aliphatic carboxylic acids is 1. The predicted octanol–water partition coefficient (Wildman–Crippen LogP) is 3.29. The molecule has 110 valence electrons. The van der Waals surface area contributed by atoms with Crippen molar-refractivity contribution >= 4 is 11.7 Å². The lowest BCUT2D eigenvalue weighted by molar-refractivity contribution is -0.142. The molecule has 1 aliphatic rings. The summed E-state index contributed by atoms with van der Waals surface area (Å²) in [5, 5.41) is 9.23. The molecule has 1 heterocycles. The van der Waals surface area contributed by atoms with Crippen LogP contribution in [-0.2, 0) is 11.0 Å². The van der Waals surface area contributed by atoms with Crippen molar-refractivity contribution in [3.8, 4) is 0 Å².